The van der Waals surface area contributed by atoms with Gasteiger partial charge in [-0.1, -0.05) is 13.3 Å². The number of hydrogen-bond acceptors (Lipinski definition) is 4. The summed E-state index contributed by atoms with van der Waals surface area (Å²) in [5.41, 5.74) is 1.62. The van der Waals surface area contributed by atoms with Crippen LogP contribution in [0.1, 0.15) is 41.3 Å². The molecule has 1 aromatic carbocycles. The number of ether oxygens (including phenoxy) is 2. The van der Waals surface area contributed by atoms with Gasteiger partial charge in [0.15, 0.2) is 12.5 Å². The van der Waals surface area contributed by atoms with Crippen LogP contribution >= 0.6 is 28.6 Å². The Morgan fingerprint density at radius 3 is 2.75 bits per heavy atom. The van der Waals surface area contributed by atoms with Gasteiger partial charge in [0, 0.05) is 22.0 Å². The molecule has 2 rings (SSSR count). The van der Waals surface area contributed by atoms with Crippen LogP contribution in [-0.4, -0.2) is 30.6 Å². The molecular weight excluding hydrogens is 409 g/mol. The molecular formula is C16H18BrF3O3S. The summed E-state index contributed by atoms with van der Waals surface area (Å²) in [5, 5.41) is 0. The highest BCUT2D eigenvalue weighted by atomic mass is 79.9. The highest BCUT2D eigenvalue weighted by Gasteiger charge is 2.43. The van der Waals surface area contributed by atoms with E-state index in [1.165, 1.54) is 0 Å². The molecule has 0 saturated heterocycles. The second-order valence-electron chi connectivity index (χ2n) is 5.52. The Balaban J connectivity index is 2.40. The van der Waals surface area contributed by atoms with Crippen LogP contribution in [0, 0.1) is 0 Å². The van der Waals surface area contributed by atoms with Crippen LogP contribution in [0.5, 0.6) is 5.75 Å². The molecule has 0 N–H and O–H groups in total. The number of alkyl halides is 3. The molecule has 0 fully saturated rings. The Hall–Kier alpha value is -0.730. The largest absolute Gasteiger partial charge is 0.483 e. The van der Waals surface area contributed by atoms with Crippen molar-refractivity contribution in [2.45, 2.75) is 44.8 Å². The lowest BCUT2D eigenvalue weighted by atomic mass is 10.0. The molecule has 1 aliphatic carbocycles. The molecule has 1 aromatic rings. The van der Waals surface area contributed by atoms with Crippen molar-refractivity contribution in [3.63, 3.8) is 0 Å². The van der Waals surface area contributed by atoms with Gasteiger partial charge in [-0.2, -0.15) is 8.78 Å². The smallest absolute Gasteiger partial charge is 0.384 e. The molecule has 8 heteroatoms. The van der Waals surface area contributed by atoms with E-state index in [4.69, 9.17) is 4.74 Å². The molecule has 0 heterocycles. The van der Waals surface area contributed by atoms with E-state index in [1.807, 2.05) is 6.92 Å². The average molecular weight is 427 g/mol. The van der Waals surface area contributed by atoms with Crippen molar-refractivity contribution in [3.8, 4) is 5.75 Å². The number of carbonyl (C=O) groups is 1. The molecule has 1 atom stereocenters. The normalized spacial score (nSPS) is 17.2. The van der Waals surface area contributed by atoms with Gasteiger partial charge in [0.1, 0.15) is 17.8 Å². The summed E-state index contributed by atoms with van der Waals surface area (Å²) in [6.45, 7) is 0.0660. The first-order valence-electron chi connectivity index (χ1n) is 7.58. The first-order chi connectivity index (χ1) is 11.3. The summed E-state index contributed by atoms with van der Waals surface area (Å²) < 4.78 is 49.1. The van der Waals surface area contributed by atoms with Gasteiger partial charge in [-0.15, -0.1) is 12.6 Å². The number of carbonyl (C=O) groups excluding carboxylic acids is 1. The van der Waals surface area contributed by atoms with Crippen LogP contribution < -0.4 is 4.74 Å². The number of thiol groups is 1. The molecule has 0 spiro atoms. The third-order valence-corrected chi connectivity index (χ3v) is 4.86. The number of rotatable bonds is 8. The first-order valence-corrected chi connectivity index (χ1v) is 9.00. The number of halogens is 4. The zero-order valence-electron chi connectivity index (χ0n) is 13.1. The molecule has 3 nitrogen and oxygen atoms in total. The number of hydrogen-bond donors (Lipinski definition) is 1. The number of benzene rings is 1. The van der Waals surface area contributed by atoms with Gasteiger partial charge in [-0.25, -0.2) is 4.39 Å². The van der Waals surface area contributed by atoms with Gasteiger partial charge < -0.3 is 9.47 Å². The Bertz CT molecular complexity index is 625. The summed E-state index contributed by atoms with van der Waals surface area (Å²) in [4.78, 5) is 12.5. The molecule has 24 heavy (non-hydrogen) atoms. The fourth-order valence-electron chi connectivity index (χ4n) is 2.71. The fraction of sp³-hybridized carbons (Fsp3) is 0.562. The monoisotopic (exact) mass is 426 g/mol. The van der Waals surface area contributed by atoms with Gasteiger partial charge in [0.2, 0.25) is 0 Å². The quantitative estimate of drug-likeness (QED) is 0.481. The van der Waals surface area contributed by atoms with E-state index in [0.717, 1.165) is 18.4 Å². The fourth-order valence-corrected chi connectivity index (χ4v) is 3.59. The van der Waals surface area contributed by atoms with Gasteiger partial charge in [-0.05, 0) is 40.4 Å². The Labute approximate surface area is 152 Å². The molecule has 0 radical (unpaired) electrons. The van der Waals surface area contributed by atoms with Crippen molar-refractivity contribution >= 4 is 34.3 Å². The van der Waals surface area contributed by atoms with Crippen molar-refractivity contribution in [1.82, 2.24) is 0 Å². The van der Waals surface area contributed by atoms with E-state index in [1.54, 1.807) is 6.07 Å². The van der Waals surface area contributed by atoms with Crippen LogP contribution in [0.3, 0.4) is 0 Å². The topological polar surface area (TPSA) is 35.5 Å². The van der Waals surface area contributed by atoms with E-state index < -0.39 is 24.7 Å². The third-order valence-electron chi connectivity index (χ3n) is 3.82. The summed E-state index contributed by atoms with van der Waals surface area (Å²) in [5.74, 6) is -0.0774. The molecule has 0 aromatic heterocycles. The number of unbranched alkanes of at least 4 members (excludes halogenated alkanes) is 1. The second kappa shape index (κ2) is 8.10. The molecule has 0 aliphatic heterocycles. The van der Waals surface area contributed by atoms with Gasteiger partial charge in [-0.3, -0.25) is 4.79 Å². The molecule has 134 valence electrons. The lowest BCUT2D eigenvalue weighted by molar-refractivity contribution is -0.258. The van der Waals surface area contributed by atoms with Crippen LogP contribution in [0.15, 0.2) is 10.5 Å². The summed E-state index contributed by atoms with van der Waals surface area (Å²) >= 11 is 7.41. The predicted molar refractivity (Wildman–Crippen MR) is 91.1 cm³/mol. The standard InChI is InChI=1S/C16H18BrF3O3S/c1-2-3-4-9-5-11(22-8-24)10-6-12(23-16(19,20)7-18)15(21)13(10)14(9)17/h5,12,24H,2-4,6-8H2,1H3. The third kappa shape index (κ3) is 4.08. The molecule has 1 unspecified atom stereocenters. The van der Waals surface area contributed by atoms with Crippen molar-refractivity contribution in [2.75, 3.05) is 12.6 Å². The highest BCUT2D eigenvalue weighted by Crippen LogP contribution is 2.41. The Morgan fingerprint density at radius 1 is 1.46 bits per heavy atom. The zero-order valence-corrected chi connectivity index (χ0v) is 15.6. The number of fused-ring (bicyclic) bond motifs is 1. The molecule has 1 aliphatic rings. The minimum absolute atomic E-state index is 0.0838. The molecule has 0 saturated carbocycles. The van der Waals surface area contributed by atoms with E-state index in [2.05, 4.69) is 33.3 Å². The predicted octanol–water partition coefficient (Wildman–Crippen LogP) is 4.74. The second-order valence-corrected chi connectivity index (χ2v) is 6.58. The maximum absolute atomic E-state index is 13.2. The zero-order chi connectivity index (χ0) is 17.9. The lowest BCUT2D eigenvalue weighted by Crippen LogP contribution is -2.33. The molecule has 0 amide bonds. The Morgan fingerprint density at radius 2 is 2.17 bits per heavy atom. The maximum Gasteiger partial charge on any atom is 0.384 e. The first kappa shape index (κ1) is 19.6. The lowest BCUT2D eigenvalue weighted by Gasteiger charge is -2.17. The van der Waals surface area contributed by atoms with Crippen LogP contribution in [0.2, 0.25) is 0 Å². The molecule has 0 bridgehead atoms. The van der Waals surface area contributed by atoms with E-state index in [9.17, 15) is 18.0 Å². The van der Waals surface area contributed by atoms with Gasteiger partial charge in [0.25, 0.3) is 0 Å². The van der Waals surface area contributed by atoms with Gasteiger partial charge in [0.05, 0.1) is 0 Å². The summed E-state index contributed by atoms with van der Waals surface area (Å²) in [6.07, 6.45) is -2.90. The van der Waals surface area contributed by atoms with E-state index >= 15 is 0 Å². The van der Waals surface area contributed by atoms with Gasteiger partial charge >= 0.3 is 6.11 Å². The minimum atomic E-state index is -3.98. The SMILES string of the molecule is CCCCc1cc(OCS)c2c(c1Br)C(=O)C(OC(F)(F)CF)C2. The van der Waals surface area contributed by atoms with Crippen LogP contribution in [0.4, 0.5) is 13.2 Å². The van der Waals surface area contributed by atoms with Crippen LogP contribution in [0.25, 0.3) is 0 Å². The minimum Gasteiger partial charge on any atom is -0.483 e. The number of aryl methyl sites for hydroxylation is 1. The highest BCUT2D eigenvalue weighted by molar-refractivity contribution is 9.10. The van der Waals surface area contributed by atoms with Crippen molar-refractivity contribution < 1.29 is 27.4 Å². The van der Waals surface area contributed by atoms with Crippen LogP contribution in [-0.2, 0) is 17.6 Å². The van der Waals surface area contributed by atoms with Crippen molar-refractivity contribution in [3.05, 3.63) is 27.2 Å². The Kier molecular flexibility index (Phi) is 6.61. The van der Waals surface area contributed by atoms with E-state index in [-0.39, 0.29) is 17.9 Å². The number of Topliss-reactive ketones (excluding diaryl/α,β-unsaturated/α-hetero) is 1. The number of ketones is 1. The van der Waals surface area contributed by atoms with E-state index in [0.29, 0.717) is 22.2 Å². The summed E-state index contributed by atoms with van der Waals surface area (Å²) in [7, 11) is 0. The van der Waals surface area contributed by atoms with Crippen molar-refractivity contribution in [2.24, 2.45) is 0 Å². The maximum atomic E-state index is 13.2. The summed E-state index contributed by atoms with van der Waals surface area (Å²) in [6, 6.07) is 1.79. The average Bonchev–Trinajstić information content (AvgIpc) is 2.86. The van der Waals surface area contributed by atoms with Crippen molar-refractivity contribution in [1.29, 1.82) is 0 Å².